The first-order valence-corrected chi connectivity index (χ1v) is 10.2. The van der Waals surface area contributed by atoms with E-state index in [-0.39, 0.29) is 22.5 Å². The van der Waals surface area contributed by atoms with E-state index in [0.717, 1.165) is 10.5 Å². The van der Waals surface area contributed by atoms with Crippen molar-refractivity contribution < 1.29 is 9.59 Å². The standard InChI is InChI=1S/C19H10BrClN4O2S/c20-11-5-6-12-13(7-11)19(27)25(18(12)26)16-14(8-22)17(24-23-16)28-9-10-3-1-2-4-15(10)21/h1-7H,9H2,(H,23,24). The van der Waals surface area contributed by atoms with Gasteiger partial charge in [-0.2, -0.15) is 10.4 Å². The minimum atomic E-state index is -0.496. The SMILES string of the molecule is N#Cc1c(SCc2ccccc2Cl)n[nH]c1N1C(=O)c2ccc(Br)cc2C1=O. The second kappa shape index (κ2) is 7.43. The molecule has 4 rings (SSSR count). The van der Waals surface area contributed by atoms with Crippen molar-refractivity contribution >= 4 is 56.9 Å². The van der Waals surface area contributed by atoms with E-state index in [1.54, 1.807) is 24.3 Å². The van der Waals surface area contributed by atoms with E-state index in [9.17, 15) is 14.9 Å². The lowest BCUT2D eigenvalue weighted by molar-refractivity contribution is 0.0925. The highest BCUT2D eigenvalue weighted by molar-refractivity contribution is 9.10. The topological polar surface area (TPSA) is 89.8 Å². The van der Waals surface area contributed by atoms with Crippen LogP contribution in [0, 0.1) is 11.3 Å². The van der Waals surface area contributed by atoms with Crippen LogP contribution in [0.4, 0.5) is 5.82 Å². The molecule has 1 N–H and O–H groups in total. The maximum absolute atomic E-state index is 12.8. The molecule has 0 unspecified atom stereocenters. The zero-order valence-electron chi connectivity index (χ0n) is 14.1. The number of anilines is 1. The van der Waals surface area contributed by atoms with Crippen LogP contribution in [0.3, 0.4) is 0 Å². The van der Waals surface area contributed by atoms with E-state index in [1.807, 2.05) is 24.3 Å². The van der Waals surface area contributed by atoms with Gasteiger partial charge in [-0.15, -0.1) is 0 Å². The fourth-order valence-corrected chi connectivity index (χ4v) is 4.45. The lowest BCUT2D eigenvalue weighted by Crippen LogP contribution is -2.30. The van der Waals surface area contributed by atoms with Crippen molar-refractivity contribution in [1.29, 1.82) is 5.26 Å². The van der Waals surface area contributed by atoms with Crippen LogP contribution in [-0.4, -0.2) is 22.0 Å². The molecule has 0 radical (unpaired) electrons. The number of halogens is 2. The van der Waals surface area contributed by atoms with E-state index in [2.05, 4.69) is 26.1 Å². The van der Waals surface area contributed by atoms with Crippen molar-refractivity contribution in [2.75, 3.05) is 4.90 Å². The molecule has 1 aliphatic heterocycles. The van der Waals surface area contributed by atoms with E-state index in [0.29, 0.717) is 20.3 Å². The highest BCUT2D eigenvalue weighted by atomic mass is 79.9. The van der Waals surface area contributed by atoms with Gasteiger partial charge < -0.3 is 0 Å². The second-order valence-corrected chi connectivity index (χ2v) is 8.17. The fourth-order valence-electron chi connectivity index (χ4n) is 2.86. The van der Waals surface area contributed by atoms with Gasteiger partial charge in [0.2, 0.25) is 0 Å². The van der Waals surface area contributed by atoms with Gasteiger partial charge in [0.05, 0.1) is 11.1 Å². The highest BCUT2D eigenvalue weighted by Gasteiger charge is 2.39. The minimum absolute atomic E-state index is 0.0754. The fraction of sp³-hybridized carbons (Fsp3) is 0.0526. The molecule has 2 aromatic carbocycles. The quantitative estimate of drug-likeness (QED) is 0.435. The molecule has 0 aliphatic carbocycles. The second-order valence-electron chi connectivity index (χ2n) is 5.88. The van der Waals surface area contributed by atoms with Gasteiger partial charge in [0.1, 0.15) is 16.7 Å². The number of thioether (sulfide) groups is 1. The summed E-state index contributed by atoms with van der Waals surface area (Å²) in [6.45, 7) is 0. The Balaban J connectivity index is 1.65. The van der Waals surface area contributed by atoms with Crippen LogP contribution in [0.5, 0.6) is 0 Å². The maximum atomic E-state index is 12.8. The molecule has 6 nitrogen and oxygen atoms in total. The summed E-state index contributed by atoms with van der Waals surface area (Å²) < 4.78 is 0.690. The van der Waals surface area contributed by atoms with Crippen molar-refractivity contribution in [1.82, 2.24) is 10.2 Å². The number of carbonyl (C=O) groups excluding carboxylic acids is 2. The molecule has 3 aromatic rings. The number of fused-ring (bicyclic) bond motifs is 1. The molecule has 138 valence electrons. The van der Waals surface area contributed by atoms with Crippen molar-refractivity contribution in [3.63, 3.8) is 0 Å². The van der Waals surface area contributed by atoms with Crippen LogP contribution in [-0.2, 0) is 5.75 Å². The van der Waals surface area contributed by atoms with Gasteiger partial charge in [0.15, 0.2) is 5.82 Å². The Kier molecular flexibility index (Phi) is 4.98. The molecule has 2 heterocycles. The molecule has 1 aliphatic rings. The Morgan fingerprint density at radius 2 is 1.93 bits per heavy atom. The number of aromatic nitrogens is 2. The summed E-state index contributed by atoms with van der Waals surface area (Å²) in [5.41, 5.74) is 1.61. The molecule has 0 saturated carbocycles. The normalized spacial score (nSPS) is 13.0. The Bertz CT molecular complexity index is 1170. The third kappa shape index (κ3) is 3.11. The average molecular weight is 474 g/mol. The summed E-state index contributed by atoms with van der Waals surface area (Å²) in [5, 5.41) is 17.5. The van der Waals surface area contributed by atoms with Gasteiger partial charge in [-0.05, 0) is 29.8 Å². The molecule has 0 bridgehead atoms. The summed E-state index contributed by atoms with van der Waals surface area (Å²) in [6, 6.07) is 14.3. The number of H-pyrrole nitrogens is 1. The number of hydrogen-bond donors (Lipinski definition) is 1. The third-order valence-corrected chi connectivity index (χ3v) is 6.11. The molecule has 2 amide bonds. The Morgan fingerprint density at radius 1 is 1.18 bits per heavy atom. The first-order chi connectivity index (χ1) is 13.5. The molecule has 0 fully saturated rings. The van der Waals surface area contributed by atoms with Crippen LogP contribution in [0.15, 0.2) is 52.0 Å². The van der Waals surface area contributed by atoms with Crippen LogP contribution < -0.4 is 4.90 Å². The predicted molar refractivity (Wildman–Crippen MR) is 110 cm³/mol. The number of carbonyl (C=O) groups is 2. The number of hydrogen-bond acceptors (Lipinski definition) is 5. The molecule has 0 saturated heterocycles. The van der Waals surface area contributed by atoms with Crippen molar-refractivity contribution in [2.45, 2.75) is 10.8 Å². The van der Waals surface area contributed by atoms with E-state index in [1.165, 1.54) is 11.8 Å². The zero-order chi connectivity index (χ0) is 19.8. The predicted octanol–water partition coefficient (Wildman–Crippen LogP) is 4.79. The molecule has 1 aromatic heterocycles. The number of nitriles is 1. The number of nitrogens with zero attached hydrogens (tertiary/aromatic N) is 3. The lowest BCUT2D eigenvalue weighted by Gasteiger charge is -2.11. The Hall–Kier alpha value is -2.60. The van der Waals surface area contributed by atoms with E-state index in [4.69, 9.17) is 11.6 Å². The molecule has 0 spiro atoms. The summed E-state index contributed by atoms with van der Waals surface area (Å²) in [4.78, 5) is 26.5. The summed E-state index contributed by atoms with van der Waals surface area (Å²) in [6.07, 6.45) is 0. The van der Waals surface area contributed by atoms with Crippen molar-refractivity contribution in [3.05, 3.63) is 74.2 Å². The van der Waals surface area contributed by atoms with Crippen LogP contribution in [0.2, 0.25) is 5.02 Å². The number of aromatic amines is 1. The van der Waals surface area contributed by atoms with Crippen LogP contribution in [0.1, 0.15) is 31.8 Å². The average Bonchev–Trinajstić information content (AvgIpc) is 3.19. The molecule has 9 heteroatoms. The minimum Gasteiger partial charge on any atom is -0.268 e. The third-order valence-electron chi connectivity index (χ3n) is 4.22. The zero-order valence-corrected chi connectivity index (χ0v) is 17.2. The van der Waals surface area contributed by atoms with Gasteiger partial charge in [-0.25, -0.2) is 4.90 Å². The van der Waals surface area contributed by atoms with Gasteiger partial charge in [0.25, 0.3) is 11.8 Å². The first-order valence-electron chi connectivity index (χ1n) is 8.04. The highest BCUT2D eigenvalue weighted by Crippen LogP contribution is 2.35. The van der Waals surface area contributed by atoms with Gasteiger partial charge in [-0.3, -0.25) is 14.7 Å². The Morgan fingerprint density at radius 3 is 2.68 bits per heavy atom. The number of rotatable bonds is 4. The van der Waals surface area contributed by atoms with Gasteiger partial charge >= 0.3 is 0 Å². The van der Waals surface area contributed by atoms with Gasteiger partial charge in [-0.1, -0.05) is 57.5 Å². The largest absolute Gasteiger partial charge is 0.268 e. The van der Waals surface area contributed by atoms with Crippen LogP contribution in [0.25, 0.3) is 0 Å². The molecule has 0 atom stereocenters. The number of imide groups is 1. The Labute approximate surface area is 177 Å². The monoisotopic (exact) mass is 472 g/mol. The molecular formula is C19H10BrClN4O2S. The number of benzene rings is 2. The summed E-state index contributed by atoms with van der Waals surface area (Å²) >= 11 is 10.8. The smallest absolute Gasteiger partial charge is 0.267 e. The van der Waals surface area contributed by atoms with Gasteiger partial charge in [0, 0.05) is 15.2 Å². The number of amides is 2. The maximum Gasteiger partial charge on any atom is 0.267 e. The number of nitrogens with one attached hydrogen (secondary N) is 1. The van der Waals surface area contributed by atoms with E-state index >= 15 is 0 Å². The van der Waals surface area contributed by atoms with Crippen molar-refractivity contribution in [2.24, 2.45) is 0 Å². The van der Waals surface area contributed by atoms with Crippen LogP contribution >= 0.6 is 39.3 Å². The van der Waals surface area contributed by atoms with Crippen molar-refractivity contribution in [3.8, 4) is 6.07 Å². The lowest BCUT2D eigenvalue weighted by atomic mass is 10.1. The summed E-state index contributed by atoms with van der Waals surface area (Å²) in [5.74, 6) is -0.417. The first kappa shape index (κ1) is 18.7. The van der Waals surface area contributed by atoms with E-state index < -0.39 is 11.8 Å². The summed E-state index contributed by atoms with van der Waals surface area (Å²) in [7, 11) is 0. The molecule has 28 heavy (non-hydrogen) atoms. The molecular weight excluding hydrogens is 464 g/mol.